The lowest BCUT2D eigenvalue weighted by Crippen LogP contribution is -2.13. The molecule has 0 aliphatic carbocycles. The number of benzene rings is 1. The molecule has 146 valence electrons. The molecular formula is C20H22N4O3S. The van der Waals surface area contributed by atoms with Gasteiger partial charge < -0.3 is 4.74 Å². The third kappa shape index (κ3) is 4.28. The molecule has 0 saturated carbocycles. The number of carbonyl (C=O) groups is 2. The summed E-state index contributed by atoms with van der Waals surface area (Å²) in [5.74, 6) is -0.492. The monoisotopic (exact) mass is 398 g/mol. The standard InChI is InChI=1S/C20H22N4O3S/c1-12(2)11-27-19(26)17-13(3)22-20(28-17)23-18(25)16-10-21-24(14(16)4)15-8-6-5-7-9-15/h5-10,12H,11H2,1-4H3,(H,22,23,25). The zero-order valence-corrected chi connectivity index (χ0v) is 17.0. The molecule has 0 saturated heterocycles. The summed E-state index contributed by atoms with van der Waals surface area (Å²) in [4.78, 5) is 29.5. The maximum atomic E-state index is 12.7. The van der Waals surface area contributed by atoms with E-state index in [-0.39, 0.29) is 11.8 Å². The van der Waals surface area contributed by atoms with Crippen LogP contribution < -0.4 is 5.32 Å². The van der Waals surface area contributed by atoms with E-state index in [0.717, 1.165) is 17.0 Å². The minimum Gasteiger partial charge on any atom is -0.461 e. The number of carbonyl (C=O) groups excluding carboxylic acids is 2. The summed E-state index contributed by atoms with van der Waals surface area (Å²) in [5, 5.41) is 7.41. The van der Waals surface area contributed by atoms with Crippen molar-refractivity contribution in [3.63, 3.8) is 0 Å². The molecular weight excluding hydrogens is 376 g/mol. The van der Waals surface area contributed by atoms with Crippen molar-refractivity contribution in [2.75, 3.05) is 11.9 Å². The van der Waals surface area contributed by atoms with Crippen molar-refractivity contribution >= 4 is 28.3 Å². The lowest BCUT2D eigenvalue weighted by atomic mass is 10.2. The Morgan fingerprint density at radius 1 is 1.21 bits per heavy atom. The largest absolute Gasteiger partial charge is 0.461 e. The zero-order valence-electron chi connectivity index (χ0n) is 16.2. The molecule has 0 radical (unpaired) electrons. The fourth-order valence-corrected chi connectivity index (χ4v) is 3.43. The molecule has 0 atom stereocenters. The van der Waals surface area contributed by atoms with Crippen molar-refractivity contribution in [1.82, 2.24) is 14.8 Å². The van der Waals surface area contributed by atoms with Crippen LogP contribution in [0.3, 0.4) is 0 Å². The summed E-state index contributed by atoms with van der Waals surface area (Å²) in [6, 6.07) is 9.58. The predicted molar refractivity (Wildman–Crippen MR) is 108 cm³/mol. The van der Waals surface area contributed by atoms with Crippen LogP contribution in [0.2, 0.25) is 0 Å². The molecule has 2 aromatic heterocycles. The van der Waals surface area contributed by atoms with Crippen LogP contribution in [0.1, 0.15) is 45.3 Å². The molecule has 2 heterocycles. The Hall–Kier alpha value is -3.00. The Kier molecular flexibility index (Phi) is 5.89. The van der Waals surface area contributed by atoms with Crippen LogP contribution in [0, 0.1) is 19.8 Å². The van der Waals surface area contributed by atoms with E-state index in [1.54, 1.807) is 11.6 Å². The van der Waals surface area contributed by atoms with E-state index >= 15 is 0 Å². The van der Waals surface area contributed by atoms with Crippen molar-refractivity contribution in [3.05, 3.63) is 58.4 Å². The normalized spacial score (nSPS) is 10.9. The van der Waals surface area contributed by atoms with Crippen LogP contribution in [0.5, 0.6) is 0 Å². The smallest absolute Gasteiger partial charge is 0.350 e. The molecule has 3 aromatic rings. The number of hydrogen-bond donors (Lipinski definition) is 1. The number of rotatable bonds is 6. The van der Waals surface area contributed by atoms with Crippen LogP contribution in [0.15, 0.2) is 36.5 Å². The SMILES string of the molecule is Cc1nc(NC(=O)c2cnn(-c3ccccc3)c2C)sc1C(=O)OCC(C)C. The Morgan fingerprint density at radius 3 is 2.61 bits per heavy atom. The summed E-state index contributed by atoms with van der Waals surface area (Å²) in [6.07, 6.45) is 1.52. The van der Waals surface area contributed by atoms with Crippen LogP contribution in [0.25, 0.3) is 5.69 Å². The van der Waals surface area contributed by atoms with E-state index in [4.69, 9.17) is 4.74 Å². The number of para-hydroxylation sites is 1. The molecule has 0 unspecified atom stereocenters. The number of aromatic nitrogens is 3. The third-order valence-corrected chi connectivity index (χ3v) is 5.06. The molecule has 1 N–H and O–H groups in total. The van der Waals surface area contributed by atoms with Crippen LogP contribution in [0.4, 0.5) is 5.13 Å². The second kappa shape index (κ2) is 8.35. The van der Waals surface area contributed by atoms with Crippen molar-refractivity contribution in [3.8, 4) is 5.69 Å². The van der Waals surface area contributed by atoms with E-state index in [9.17, 15) is 9.59 Å². The van der Waals surface area contributed by atoms with Gasteiger partial charge in [0.2, 0.25) is 0 Å². The summed E-state index contributed by atoms with van der Waals surface area (Å²) < 4.78 is 6.96. The topological polar surface area (TPSA) is 86.1 Å². The van der Waals surface area contributed by atoms with E-state index in [2.05, 4.69) is 15.4 Å². The maximum Gasteiger partial charge on any atom is 0.350 e. The molecule has 0 aliphatic rings. The third-order valence-electron chi connectivity index (χ3n) is 4.01. The molecule has 0 spiro atoms. The second-order valence-corrected chi connectivity index (χ2v) is 7.77. The van der Waals surface area contributed by atoms with Crippen molar-refractivity contribution < 1.29 is 14.3 Å². The predicted octanol–water partition coefficient (Wildman–Crippen LogP) is 4.01. The molecule has 0 aliphatic heterocycles. The first-order valence-electron chi connectivity index (χ1n) is 8.92. The summed E-state index contributed by atoms with van der Waals surface area (Å²) >= 11 is 1.11. The van der Waals surface area contributed by atoms with Crippen LogP contribution >= 0.6 is 11.3 Å². The quantitative estimate of drug-likeness (QED) is 0.634. The second-order valence-electron chi connectivity index (χ2n) is 6.77. The maximum absolute atomic E-state index is 12.7. The van der Waals surface area contributed by atoms with Crippen LogP contribution in [-0.4, -0.2) is 33.2 Å². The molecule has 3 rings (SSSR count). The van der Waals surface area contributed by atoms with Gasteiger partial charge in [0.1, 0.15) is 4.88 Å². The number of ether oxygens (including phenoxy) is 1. The highest BCUT2D eigenvalue weighted by atomic mass is 32.1. The molecule has 0 bridgehead atoms. The van der Waals surface area contributed by atoms with Gasteiger partial charge in [0.05, 0.1) is 35.4 Å². The van der Waals surface area contributed by atoms with E-state index in [1.807, 2.05) is 51.1 Å². The summed E-state index contributed by atoms with van der Waals surface area (Å²) in [6.45, 7) is 7.83. The molecule has 8 heteroatoms. The summed E-state index contributed by atoms with van der Waals surface area (Å²) in [7, 11) is 0. The Labute approximate surface area is 167 Å². The van der Waals surface area contributed by atoms with Gasteiger partial charge in [0, 0.05) is 0 Å². The minimum absolute atomic E-state index is 0.250. The van der Waals surface area contributed by atoms with E-state index in [0.29, 0.717) is 33.6 Å². The van der Waals surface area contributed by atoms with Crippen molar-refractivity contribution in [1.29, 1.82) is 0 Å². The van der Waals surface area contributed by atoms with Crippen LogP contribution in [-0.2, 0) is 4.74 Å². The molecule has 1 aromatic carbocycles. The number of anilines is 1. The first-order chi connectivity index (χ1) is 13.4. The minimum atomic E-state index is -0.419. The first kappa shape index (κ1) is 19.8. The number of esters is 1. The fraction of sp³-hybridized carbons (Fsp3) is 0.300. The van der Waals surface area contributed by atoms with Crippen molar-refractivity contribution in [2.45, 2.75) is 27.7 Å². The first-order valence-corrected chi connectivity index (χ1v) is 9.74. The lowest BCUT2D eigenvalue weighted by molar-refractivity contribution is 0.0463. The average molecular weight is 398 g/mol. The average Bonchev–Trinajstić information content (AvgIpc) is 3.23. The van der Waals surface area contributed by atoms with Crippen molar-refractivity contribution in [2.24, 2.45) is 5.92 Å². The number of nitrogens with zero attached hydrogens (tertiary/aromatic N) is 3. The molecule has 1 amide bonds. The highest BCUT2D eigenvalue weighted by Gasteiger charge is 2.20. The van der Waals surface area contributed by atoms with Gasteiger partial charge in [-0.15, -0.1) is 0 Å². The fourth-order valence-electron chi connectivity index (χ4n) is 2.57. The van der Waals surface area contributed by atoms with Gasteiger partial charge in [-0.3, -0.25) is 10.1 Å². The Morgan fingerprint density at radius 2 is 1.93 bits per heavy atom. The van der Waals surface area contributed by atoms with Gasteiger partial charge in [-0.1, -0.05) is 43.4 Å². The van der Waals surface area contributed by atoms with E-state index in [1.165, 1.54) is 6.20 Å². The number of thiazole rings is 1. The molecule has 28 heavy (non-hydrogen) atoms. The van der Waals surface area contributed by atoms with Gasteiger partial charge >= 0.3 is 5.97 Å². The lowest BCUT2D eigenvalue weighted by Gasteiger charge is -2.05. The highest BCUT2D eigenvalue weighted by Crippen LogP contribution is 2.25. The van der Waals surface area contributed by atoms with Gasteiger partial charge in [0.25, 0.3) is 5.91 Å². The number of aryl methyl sites for hydroxylation is 1. The number of hydrogen-bond acceptors (Lipinski definition) is 6. The molecule has 7 nitrogen and oxygen atoms in total. The van der Waals surface area contributed by atoms with Gasteiger partial charge in [-0.2, -0.15) is 5.10 Å². The number of amides is 1. The van der Waals surface area contributed by atoms with Gasteiger partial charge in [0.15, 0.2) is 5.13 Å². The summed E-state index contributed by atoms with van der Waals surface area (Å²) in [5.41, 5.74) is 2.57. The van der Waals surface area contributed by atoms with E-state index < -0.39 is 5.97 Å². The Bertz CT molecular complexity index is 992. The zero-order chi connectivity index (χ0) is 20.3. The number of nitrogens with one attached hydrogen (secondary N) is 1. The Balaban J connectivity index is 1.75. The van der Waals surface area contributed by atoms with Gasteiger partial charge in [-0.05, 0) is 31.9 Å². The molecule has 0 fully saturated rings. The van der Waals surface area contributed by atoms with Gasteiger partial charge in [-0.25, -0.2) is 14.5 Å². The highest BCUT2D eigenvalue weighted by molar-refractivity contribution is 7.17.